The Morgan fingerprint density at radius 2 is 1.71 bits per heavy atom. The van der Waals surface area contributed by atoms with Crippen LogP contribution in [0.2, 0.25) is 5.02 Å². The Hall–Kier alpha value is -3.33. The van der Waals surface area contributed by atoms with E-state index in [4.69, 9.17) is 16.3 Å². The highest BCUT2D eigenvalue weighted by molar-refractivity contribution is 6.30. The standard InChI is InChI=1S/C18H10ClF3N4O2/c1-25-8-23-14-16(25)24-18(28-15-12(21)6-10(20)7-13(15)22)26(17(14)27)11-4-2-9(19)3-5-11/h2-8H,1H3. The lowest BCUT2D eigenvalue weighted by Gasteiger charge is -2.14. The zero-order valence-electron chi connectivity index (χ0n) is 14.2. The fourth-order valence-electron chi connectivity index (χ4n) is 2.64. The fourth-order valence-corrected chi connectivity index (χ4v) is 2.77. The first-order chi connectivity index (χ1) is 13.3. The van der Waals surface area contributed by atoms with Crippen molar-refractivity contribution < 1.29 is 17.9 Å². The molecule has 6 nitrogen and oxygen atoms in total. The molecule has 4 aromatic rings. The first-order valence-corrected chi connectivity index (χ1v) is 8.25. The number of rotatable bonds is 3. The van der Waals surface area contributed by atoms with Crippen LogP contribution >= 0.6 is 11.6 Å². The van der Waals surface area contributed by atoms with E-state index in [0.29, 0.717) is 17.2 Å². The molecule has 0 amide bonds. The third-order valence-corrected chi connectivity index (χ3v) is 4.20. The van der Waals surface area contributed by atoms with Crippen LogP contribution in [0.15, 0.2) is 47.5 Å². The molecule has 0 spiro atoms. The molecule has 0 aliphatic heterocycles. The zero-order chi connectivity index (χ0) is 20.0. The van der Waals surface area contributed by atoms with Gasteiger partial charge in [0.2, 0.25) is 5.75 Å². The van der Waals surface area contributed by atoms with E-state index in [9.17, 15) is 18.0 Å². The molecule has 0 fully saturated rings. The predicted octanol–water partition coefficient (Wildman–Crippen LogP) is 3.98. The average Bonchev–Trinajstić information content (AvgIpc) is 3.01. The Bertz CT molecular complexity index is 1250. The van der Waals surface area contributed by atoms with Gasteiger partial charge < -0.3 is 9.30 Å². The predicted molar refractivity (Wildman–Crippen MR) is 95.5 cm³/mol. The number of aryl methyl sites for hydroxylation is 1. The summed E-state index contributed by atoms with van der Waals surface area (Å²) in [5, 5.41) is 0.418. The molecule has 2 aromatic heterocycles. The van der Waals surface area contributed by atoms with Crippen molar-refractivity contribution in [2.75, 3.05) is 0 Å². The lowest BCUT2D eigenvalue weighted by molar-refractivity contribution is 0.369. The van der Waals surface area contributed by atoms with Gasteiger partial charge in [0.15, 0.2) is 22.8 Å². The molecule has 10 heteroatoms. The Kier molecular flexibility index (Phi) is 4.31. The first kappa shape index (κ1) is 18.1. The summed E-state index contributed by atoms with van der Waals surface area (Å²) in [6.45, 7) is 0. The van der Waals surface area contributed by atoms with Gasteiger partial charge in [-0.2, -0.15) is 4.98 Å². The van der Waals surface area contributed by atoms with Crippen LogP contribution in [0.3, 0.4) is 0 Å². The van der Waals surface area contributed by atoms with E-state index < -0.39 is 34.8 Å². The Morgan fingerprint density at radius 1 is 1.07 bits per heavy atom. The van der Waals surface area contributed by atoms with Crippen LogP contribution in [0.25, 0.3) is 16.9 Å². The second-order valence-electron chi connectivity index (χ2n) is 5.84. The summed E-state index contributed by atoms with van der Waals surface area (Å²) < 4.78 is 49.0. The molecule has 142 valence electrons. The second kappa shape index (κ2) is 6.68. The minimum absolute atomic E-state index is 0.0323. The minimum Gasteiger partial charge on any atom is -0.419 e. The number of imidazole rings is 1. The van der Waals surface area contributed by atoms with Crippen LogP contribution in [0.4, 0.5) is 13.2 Å². The van der Waals surface area contributed by atoms with Gasteiger partial charge in [0.1, 0.15) is 5.82 Å². The van der Waals surface area contributed by atoms with E-state index in [2.05, 4.69) is 9.97 Å². The minimum atomic E-state index is -1.28. The van der Waals surface area contributed by atoms with Gasteiger partial charge in [-0.05, 0) is 24.3 Å². The molecule has 0 saturated carbocycles. The van der Waals surface area contributed by atoms with Gasteiger partial charge >= 0.3 is 6.01 Å². The topological polar surface area (TPSA) is 61.9 Å². The van der Waals surface area contributed by atoms with Crippen LogP contribution in [-0.2, 0) is 7.05 Å². The van der Waals surface area contributed by atoms with Crippen molar-refractivity contribution in [2.45, 2.75) is 0 Å². The Balaban J connectivity index is 1.99. The van der Waals surface area contributed by atoms with E-state index in [1.54, 1.807) is 7.05 Å². The summed E-state index contributed by atoms with van der Waals surface area (Å²) in [6, 6.07) is 6.56. The van der Waals surface area contributed by atoms with E-state index in [-0.39, 0.29) is 16.9 Å². The summed E-state index contributed by atoms with van der Waals surface area (Å²) in [4.78, 5) is 21.1. The maximum Gasteiger partial charge on any atom is 0.311 e. The number of benzene rings is 2. The largest absolute Gasteiger partial charge is 0.419 e. The fraction of sp³-hybridized carbons (Fsp3) is 0.0556. The van der Waals surface area contributed by atoms with Crippen molar-refractivity contribution in [1.29, 1.82) is 0 Å². The molecule has 0 saturated heterocycles. The highest BCUT2D eigenvalue weighted by Gasteiger charge is 2.21. The first-order valence-electron chi connectivity index (χ1n) is 7.87. The van der Waals surface area contributed by atoms with Crippen molar-refractivity contribution in [1.82, 2.24) is 19.1 Å². The Labute approximate surface area is 160 Å². The highest BCUT2D eigenvalue weighted by atomic mass is 35.5. The van der Waals surface area contributed by atoms with Crippen molar-refractivity contribution in [3.63, 3.8) is 0 Å². The summed E-state index contributed by atoms with van der Waals surface area (Å²) in [5.41, 5.74) is -0.156. The SMILES string of the molecule is Cn1cnc2c(=O)n(-c3ccc(Cl)cc3)c(Oc3c(F)cc(F)cc3F)nc21. The summed E-state index contributed by atoms with van der Waals surface area (Å²) in [6.07, 6.45) is 1.37. The maximum absolute atomic E-state index is 14.1. The molecule has 2 heterocycles. The molecule has 0 bridgehead atoms. The van der Waals surface area contributed by atoms with Crippen LogP contribution in [0.5, 0.6) is 11.8 Å². The van der Waals surface area contributed by atoms with Crippen molar-refractivity contribution in [2.24, 2.45) is 7.05 Å². The molecule has 0 N–H and O–H groups in total. The molecule has 4 rings (SSSR count). The summed E-state index contributed by atoms with van der Waals surface area (Å²) in [5.74, 6) is -4.55. The van der Waals surface area contributed by atoms with E-state index >= 15 is 0 Å². The van der Waals surface area contributed by atoms with Gasteiger partial charge in [0, 0.05) is 24.2 Å². The molecule has 0 atom stereocenters. The van der Waals surface area contributed by atoms with Crippen molar-refractivity contribution in [3.05, 3.63) is 75.6 Å². The summed E-state index contributed by atoms with van der Waals surface area (Å²) >= 11 is 5.88. The van der Waals surface area contributed by atoms with Gasteiger partial charge in [-0.15, -0.1) is 0 Å². The van der Waals surface area contributed by atoms with Crippen LogP contribution in [0, 0.1) is 17.5 Å². The zero-order valence-corrected chi connectivity index (χ0v) is 14.9. The van der Waals surface area contributed by atoms with E-state index in [1.807, 2.05) is 0 Å². The van der Waals surface area contributed by atoms with E-state index in [1.165, 1.54) is 35.2 Å². The molecular weight excluding hydrogens is 397 g/mol. The third-order valence-electron chi connectivity index (χ3n) is 3.95. The van der Waals surface area contributed by atoms with Gasteiger partial charge in [-0.3, -0.25) is 4.79 Å². The van der Waals surface area contributed by atoms with Gasteiger partial charge in [0.25, 0.3) is 5.56 Å². The summed E-state index contributed by atoms with van der Waals surface area (Å²) in [7, 11) is 1.59. The molecule has 0 radical (unpaired) electrons. The lowest BCUT2D eigenvalue weighted by Crippen LogP contribution is -2.22. The monoisotopic (exact) mass is 406 g/mol. The van der Waals surface area contributed by atoms with Gasteiger partial charge in [-0.1, -0.05) is 11.6 Å². The molecule has 0 aliphatic carbocycles. The number of hydrogen-bond donors (Lipinski definition) is 0. The third kappa shape index (κ3) is 2.99. The van der Waals surface area contributed by atoms with Crippen molar-refractivity contribution >= 4 is 22.8 Å². The maximum atomic E-state index is 14.1. The second-order valence-corrected chi connectivity index (χ2v) is 6.28. The Morgan fingerprint density at radius 3 is 2.36 bits per heavy atom. The number of hydrogen-bond acceptors (Lipinski definition) is 4. The number of ether oxygens (including phenoxy) is 1. The normalized spacial score (nSPS) is 11.2. The van der Waals surface area contributed by atoms with E-state index in [0.717, 1.165) is 4.57 Å². The van der Waals surface area contributed by atoms with Crippen molar-refractivity contribution in [3.8, 4) is 17.4 Å². The van der Waals surface area contributed by atoms with Gasteiger partial charge in [0.05, 0.1) is 12.0 Å². The smallest absolute Gasteiger partial charge is 0.311 e. The molecule has 0 unspecified atom stereocenters. The number of fused-ring (bicyclic) bond motifs is 1. The van der Waals surface area contributed by atoms with Crippen LogP contribution in [0.1, 0.15) is 0 Å². The average molecular weight is 407 g/mol. The lowest BCUT2D eigenvalue weighted by atomic mass is 10.3. The number of halogens is 4. The molecule has 2 aromatic carbocycles. The number of nitrogens with zero attached hydrogens (tertiary/aromatic N) is 4. The highest BCUT2D eigenvalue weighted by Crippen LogP contribution is 2.29. The van der Waals surface area contributed by atoms with Crippen LogP contribution in [-0.4, -0.2) is 19.1 Å². The van der Waals surface area contributed by atoms with Gasteiger partial charge in [-0.25, -0.2) is 22.7 Å². The molecule has 0 aliphatic rings. The molecular formula is C18H10ClF3N4O2. The quantitative estimate of drug-likeness (QED) is 0.516. The van der Waals surface area contributed by atoms with Crippen LogP contribution < -0.4 is 10.3 Å². The molecule has 28 heavy (non-hydrogen) atoms. The number of aromatic nitrogens is 4.